The Morgan fingerprint density at radius 2 is 1.81 bits per heavy atom. The Labute approximate surface area is 154 Å². The molecule has 5 nitrogen and oxygen atoms in total. The summed E-state index contributed by atoms with van der Waals surface area (Å²) in [5.74, 6) is 0.230. The minimum atomic E-state index is 0.0531. The second-order valence-corrected chi connectivity index (χ2v) is 6.76. The van der Waals surface area contributed by atoms with Gasteiger partial charge in [-0.25, -0.2) is 0 Å². The molecule has 1 aliphatic heterocycles. The Morgan fingerprint density at radius 1 is 1.04 bits per heavy atom. The van der Waals surface area contributed by atoms with Gasteiger partial charge < -0.3 is 9.80 Å². The molecule has 0 saturated carbocycles. The fourth-order valence-corrected chi connectivity index (χ4v) is 3.27. The molecule has 1 aromatic carbocycles. The zero-order chi connectivity index (χ0) is 18.4. The summed E-state index contributed by atoms with van der Waals surface area (Å²) in [7, 11) is 0. The number of piperazine rings is 1. The van der Waals surface area contributed by atoms with Crippen molar-refractivity contribution < 1.29 is 9.59 Å². The summed E-state index contributed by atoms with van der Waals surface area (Å²) in [6.45, 7) is 4.41. The van der Waals surface area contributed by atoms with Crippen molar-refractivity contribution in [2.24, 2.45) is 0 Å². The summed E-state index contributed by atoms with van der Waals surface area (Å²) in [5, 5.41) is 0. The largest absolute Gasteiger partial charge is 0.339 e. The number of carbonyl (C=O) groups excluding carboxylic acids is 2. The highest BCUT2D eigenvalue weighted by Gasteiger charge is 2.24. The predicted octanol–water partition coefficient (Wildman–Crippen LogP) is 2.70. The van der Waals surface area contributed by atoms with Crippen LogP contribution < -0.4 is 0 Å². The third-order valence-electron chi connectivity index (χ3n) is 4.76. The average molecular weight is 351 g/mol. The van der Waals surface area contributed by atoms with E-state index in [2.05, 4.69) is 4.98 Å². The van der Waals surface area contributed by atoms with Gasteiger partial charge in [0, 0.05) is 50.6 Å². The number of aromatic nitrogens is 1. The lowest BCUT2D eigenvalue weighted by molar-refractivity contribution is -0.132. The first kappa shape index (κ1) is 18.1. The van der Waals surface area contributed by atoms with Crippen LogP contribution in [-0.4, -0.2) is 52.8 Å². The van der Waals surface area contributed by atoms with Crippen molar-refractivity contribution >= 4 is 11.8 Å². The predicted molar refractivity (Wildman–Crippen MR) is 101 cm³/mol. The molecule has 0 atom stereocenters. The summed E-state index contributed by atoms with van der Waals surface area (Å²) in [6.07, 6.45) is 5.84. The molecule has 2 amide bonds. The summed E-state index contributed by atoms with van der Waals surface area (Å²) < 4.78 is 0. The minimum absolute atomic E-state index is 0.0531. The lowest BCUT2D eigenvalue weighted by atomic mass is 10.1. The highest BCUT2D eigenvalue weighted by molar-refractivity contribution is 5.94. The minimum Gasteiger partial charge on any atom is -0.339 e. The molecule has 0 N–H and O–H groups in total. The van der Waals surface area contributed by atoms with Crippen molar-refractivity contribution in [3.63, 3.8) is 0 Å². The van der Waals surface area contributed by atoms with E-state index in [0.29, 0.717) is 32.6 Å². The number of benzene rings is 1. The van der Waals surface area contributed by atoms with Crippen LogP contribution >= 0.6 is 0 Å². The molecule has 5 heteroatoms. The molecule has 0 unspecified atom stereocenters. The van der Waals surface area contributed by atoms with Crippen LogP contribution in [0.25, 0.3) is 0 Å². The molecule has 0 radical (unpaired) electrons. The molecule has 1 aromatic heterocycles. The summed E-state index contributed by atoms with van der Waals surface area (Å²) in [6, 6.07) is 11.6. The number of carbonyl (C=O) groups is 2. The monoisotopic (exact) mass is 351 g/mol. The molecule has 2 heterocycles. The molecule has 0 bridgehead atoms. The fraction of sp³-hybridized carbons (Fsp3) is 0.381. The van der Waals surface area contributed by atoms with Crippen LogP contribution in [0, 0.1) is 6.92 Å². The highest BCUT2D eigenvalue weighted by atomic mass is 16.2. The Balaban J connectivity index is 1.44. The van der Waals surface area contributed by atoms with Crippen LogP contribution in [0.15, 0.2) is 48.8 Å². The number of nitrogens with zero attached hydrogens (tertiary/aromatic N) is 3. The van der Waals surface area contributed by atoms with E-state index >= 15 is 0 Å². The summed E-state index contributed by atoms with van der Waals surface area (Å²) in [4.78, 5) is 32.8. The number of pyridine rings is 1. The van der Waals surface area contributed by atoms with E-state index < -0.39 is 0 Å². The van der Waals surface area contributed by atoms with E-state index in [4.69, 9.17) is 0 Å². The zero-order valence-corrected chi connectivity index (χ0v) is 15.2. The van der Waals surface area contributed by atoms with Crippen molar-refractivity contribution in [2.45, 2.75) is 26.2 Å². The Hall–Kier alpha value is -2.69. The van der Waals surface area contributed by atoms with Gasteiger partial charge in [-0.05, 0) is 43.5 Å². The first-order valence-electron chi connectivity index (χ1n) is 9.16. The van der Waals surface area contributed by atoms with Gasteiger partial charge >= 0.3 is 0 Å². The standard InChI is InChI=1S/C21H25N3O2/c1-17-5-2-8-19(15-17)21(26)24-13-11-23(12-14-24)20(25)9-3-6-18-7-4-10-22-16-18/h2,4-5,7-8,10,15-16H,3,6,9,11-14H2,1H3. The second-order valence-electron chi connectivity index (χ2n) is 6.76. The van der Waals surface area contributed by atoms with E-state index in [-0.39, 0.29) is 11.8 Å². The summed E-state index contributed by atoms with van der Waals surface area (Å²) >= 11 is 0. The lowest BCUT2D eigenvalue weighted by Gasteiger charge is -2.35. The van der Waals surface area contributed by atoms with Crippen LogP contribution in [0.3, 0.4) is 0 Å². The molecule has 0 spiro atoms. The molecular formula is C21H25N3O2. The van der Waals surface area contributed by atoms with E-state index in [9.17, 15) is 9.59 Å². The molecule has 2 aromatic rings. The number of amides is 2. The van der Waals surface area contributed by atoms with Crippen LogP contribution in [0.4, 0.5) is 0 Å². The maximum atomic E-state index is 12.6. The normalized spacial score (nSPS) is 14.3. The van der Waals surface area contributed by atoms with Gasteiger partial charge in [-0.1, -0.05) is 23.8 Å². The van der Waals surface area contributed by atoms with Crippen LogP contribution in [0.2, 0.25) is 0 Å². The van der Waals surface area contributed by atoms with E-state index in [1.165, 1.54) is 0 Å². The molecule has 26 heavy (non-hydrogen) atoms. The average Bonchev–Trinajstić information content (AvgIpc) is 2.68. The molecular weight excluding hydrogens is 326 g/mol. The van der Waals surface area contributed by atoms with Crippen molar-refractivity contribution in [1.29, 1.82) is 0 Å². The lowest BCUT2D eigenvalue weighted by Crippen LogP contribution is -2.50. The quantitative estimate of drug-likeness (QED) is 0.832. The van der Waals surface area contributed by atoms with Gasteiger partial charge in [0.1, 0.15) is 0 Å². The molecule has 136 valence electrons. The summed E-state index contributed by atoms with van der Waals surface area (Å²) in [5.41, 5.74) is 2.97. The number of rotatable bonds is 5. The van der Waals surface area contributed by atoms with E-state index in [1.54, 1.807) is 6.20 Å². The zero-order valence-electron chi connectivity index (χ0n) is 15.2. The third kappa shape index (κ3) is 4.69. The number of hydrogen-bond acceptors (Lipinski definition) is 3. The van der Waals surface area contributed by atoms with Gasteiger partial charge in [0.2, 0.25) is 5.91 Å². The molecule has 0 aliphatic carbocycles. The number of hydrogen-bond donors (Lipinski definition) is 0. The fourth-order valence-electron chi connectivity index (χ4n) is 3.27. The topological polar surface area (TPSA) is 53.5 Å². The van der Waals surface area contributed by atoms with Crippen molar-refractivity contribution in [3.8, 4) is 0 Å². The van der Waals surface area contributed by atoms with Crippen LogP contribution in [0.1, 0.15) is 34.3 Å². The first-order valence-corrected chi connectivity index (χ1v) is 9.16. The van der Waals surface area contributed by atoms with Gasteiger partial charge in [0.25, 0.3) is 5.91 Å². The van der Waals surface area contributed by atoms with Gasteiger partial charge in [0.05, 0.1) is 0 Å². The van der Waals surface area contributed by atoms with Gasteiger partial charge in [-0.15, -0.1) is 0 Å². The van der Waals surface area contributed by atoms with E-state index in [0.717, 1.165) is 29.5 Å². The highest BCUT2D eigenvalue weighted by Crippen LogP contribution is 2.12. The first-order chi connectivity index (χ1) is 12.6. The smallest absolute Gasteiger partial charge is 0.253 e. The maximum Gasteiger partial charge on any atom is 0.253 e. The van der Waals surface area contributed by atoms with Gasteiger partial charge in [-0.2, -0.15) is 0 Å². The van der Waals surface area contributed by atoms with Crippen LogP contribution in [-0.2, 0) is 11.2 Å². The van der Waals surface area contributed by atoms with Crippen LogP contribution in [0.5, 0.6) is 0 Å². The SMILES string of the molecule is Cc1cccc(C(=O)N2CCN(C(=O)CCCc3cccnc3)CC2)c1. The molecule has 1 fully saturated rings. The Bertz CT molecular complexity index is 753. The van der Waals surface area contributed by atoms with Gasteiger partial charge in [-0.3, -0.25) is 14.6 Å². The van der Waals surface area contributed by atoms with Crippen molar-refractivity contribution in [2.75, 3.05) is 26.2 Å². The van der Waals surface area contributed by atoms with E-state index in [1.807, 2.05) is 59.3 Å². The second kappa shape index (κ2) is 8.61. The third-order valence-corrected chi connectivity index (χ3v) is 4.76. The molecule has 1 aliphatic rings. The molecule has 3 rings (SSSR count). The Kier molecular flexibility index (Phi) is 6.00. The van der Waals surface area contributed by atoms with Crippen molar-refractivity contribution in [1.82, 2.24) is 14.8 Å². The van der Waals surface area contributed by atoms with Crippen molar-refractivity contribution in [3.05, 3.63) is 65.5 Å². The maximum absolute atomic E-state index is 12.6. The molecule has 1 saturated heterocycles. The number of aryl methyl sites for hydroxylation is 2. The van der Waals surface area contributed by atoms with Gasteiger partial charge in [0.15, 0.2) is 0 Å². The Morgan fingerprint density at radius 3 is 2.50 bits per heavy atom.